The lowest BCUT2D eigenvalue weighted by atomic mass is 10.3. The first kappa shape index (κ1) is 9.03. The highest BCUT2D eigenvalue weighted by atomic mass is 16.7. The summed E-state index contributed by atoms with van der Waals surface area (Å²) >= 11 is 0. The normalized spacial score (nSPS) is 10.8. The van der Waals surface area contributed by atoms with Gasteiger partial charge in [-0.25, -0.2) is 4.98 Å². The Bertz CT molecular complexity index is 584. The van der Waals surface area contributed by atoms with Gasteiger partial charge in [0, 0.05) is 11.6 Å². The highest BCUT2D eigenvalue weighted by molar-refractivity contribution is 5.79. The van der Waals surface area contributed by atoms with Crippen molar-refractivity contribution in [2.75, 3.05) is 0 Å². The van der Waals surface area contributed by atoms with E-state index in [4.69, 9.17) is 9.25 Å². The fourth-order valence-corrected chi connectivity index (χ4v) is 1.62. The fourth-order valence-electron chi connectivity index (χ4n) is 1.62. The minimum atomic E-state index is 0.325. The van der Waals surface area contributed by atoms with Gasteiger partial charge in [-0.1, -0.05) is 18.2 Å². The molecule has 0 fully saturated rings. The van der Waals surface area contributed by atoms with E-state index >= 15 is 0 Å². The maximum absolute atomic E-state index is 5.56. The lowest BCUT2D eigenvalue weighted by Gasteiger charge is -2.05. The minimum absolute atomic E-state index is 0.325. The van der Waals surface area contributed by atoms with Crippen LogP contribution in [0.2, 0.25) is 0 Å². The predicted molar refractivity (Wildman–Crippen MR) is 58.7 cm³/mol. The van der Waals surface area contributed by atoms with Gasteiger partial charge < -0.3 is 9.25 Å². The molecule has 0 unspecified atom stereocenters. The van der Waals surface area contributed by atoms with E-state index in [1.807, 2.05) is 36.5 Å². The first-order valence-corrected chi connectivity index (χ1v) is 5.01. The van der Waals surface area contributed by atoms with E-state index in [1.165, 1.54) is 6.26 Å². The molecule has 2 aromatic heterocycles. The molecule has 0 bridgehead atoms. The Morgan fingerprint density at radius 1 is 1.25 bits per heavy atom. The molecule has 2 heterocycles. The third-order valence-electron chi connectivity index (χ3n) is 2.37. The summed E-state index contributed by atoms with van der Waals surface area (Å²) in [5, 5.41) is 1.15. The molecule has 0 amide bonds. The third kappa shape index (κ3) is 1.54. The average Bonchev–Trinajstić information content (AvgIpc) is 2.96. The zero-order valence-electron chi connectivity index (χ0n) is 8.54. The van der Waals surface area contributed by atoms with Gasteiger partial charge in [-0.15, -0.1) is 0 Å². The van der Waals surface area contributed by atoms with Crippen LogP contribution in [0.15, 0.2) is 53.4 Å². The molecule has 0 aliphatic carbocycles. The zero-order chi connectivity index (χ0) is 10.8. The van der Waals surface area contributed by atoms with Crippen LogP contribution in [-0.2, 0) is 6.61 Å². The maximum atomic E-state index is 5.56. The summed E-state index contributed by atoms with van der Waals surface area (Å²) in [6.45, 7) is 0.325. The van der Waals surface area contributed by atoms with Gasteiger partial charge in [-0.05, 0) is 12.1 Å². The van der Waals surface area contributed by atoms with Crippen molar-refractivity contribution < 1.29 is 9.25 Å². The number of hydrogen-bond acceptors (Lipinski definition) is 3. The Morgan fingerprint density at radius 3 is 3.06 bits per heavy atom. The number of hydrogen-bond donors (Lipinski definition) is 0. The molecule has 0 aliphatic heterocycles. The molecular weight excluding hydrogens is 204 g/mol. The Hall–Kier alpha value is -2.23. The second kappa shape index (κ2) is 3.73. The Labute approximate surface area is 92.0 Å². The summed E-state index contributed by atoms with van der Waals surface area (Å²) in [6, 6.07) is 10.0. The number of nitrogens with zero attached hydrogens (tertiary/aromatic N) is 2. The van der Waals surface area contributed by atoms with Crippen LogP contribution < -0.4 is 4.84 Å². The fraction of sp³-hybridized carbons (Fsp3) is 0.0833. The number of fused-ring (bicyclic) bond motifs is 1. The Morgan fingerprint density at radius 2 is 2.19 bits per heavy atom. The van der Waals surface area contributed by atoms with Crippen LogP contribution in [0.1, 0.15) is 5.89 Å². The van der Waals surface area contributed by atoms with Crippen molar-refractivity contribution in [3.63, 3.8) is 0 Å². The van der Waals surface area contributed by atoms with Gasteiger partial charge in [-0.3, -0.25) is 0 Å². The summed E-state index contributed by atoms with van der Waals surface area (Å²) in [4.78, 5) is 9.55. The molecule has 0 radical (unpaired) electrons. The van der Waals surface area contributed by atoms with Crippen molar-refractivity contribution in [1.82, 2.24) is 9.71 Å². The molecule has 0 saturated carbocycles. The van der Waals surface area contributed by atoms with E-state index < -0.39 is 0 Å². The van der Waals surface area contributed by atoms with E-state index in [2.05, 4.69) is 4.98 Å². The SMILES string of the molecule is c1ccc2c(c1)ccn2OCc1ncco1. The molecule has 0 spiro atoms. The molecule has 80 valence electrons. The second-order valence-corrected chi connectivity index (χ2v) is 3.40. The lowest BCUT2D eigenvalue weighted by molar-refractivity contribution is 0.0910. The van der Waals surface area contributed by atoms with Gasteiger partial charge in [0.05, 0.1) is 11.7 Å². The highest BCUT2D eigenvalue weighted by Crippen LogP contribution is 2.13. The van der Waals surface area contributed by atoms with E-state index in [-0.39, 0.29) is 0 Å². The molecule has 0 saturated heterocycles. The summed E-state index contributed by atoms with van der Waals surface area (Å²) in [5.41, 5.74) is 1.04. The average molecular weight is 214 g/mol. The van der Waals surface area contributed by atoms with Crippen LogP contribution in [-0.4, -0.2) is 9.71 Å². The number of para-hydroxylation sites is 1. The van der Waals surface area contributed by atoms with Crippen LogP contribution in [0.5, 0.6) is 0 Å². The van der Waals surface area contributed by atoms with E-state index in [0.717, 1.165) is 10.9 Å². The molecule has 3 rings (SSSR count). The van der Waals surface area contributed by atoms with Crippen molar-refractivity contribution in [2.24, 2.45) is 0 Å². The molecule has 0 atom stereocenters. The quantitative estimate of drug-likeness (QED) is 0.671. The number of rotatable bonds is 3. The molecule has 0 N–H and O–H groups in total. The molecule has 4 heteroatoms. The van der Waals surface area contributed by atoms with Crippen LogP contribution >= 0.6 is 0 Å². The number of oxazole rings is 1. The van der Waals surface area contributed by atoms with Crippen molar-refractivity contribution in [3.8, 4) is 0 Å². The highest BCUT2D eigenvalue weighted by Gasteiger charge is 2.02. The van der Waals surface area contributed by atoms with Gasteiger partial charge in [-0.2, -0.15) is 4.73 Å². The van der Waals surface area contributed by atoms with Crippen LogP contribution in [0, 0.1) is 0 Å². The second-order valence-electron chi connectivity index (χ2n) is 3.40. The zero-order valence-corrected chi connectivity index (χ0v) is 8.54. The number of benzene rings is 1. The molecule has 4 nitrogen and oxygen atoms in total. The summed E-state index contributed by atoms with van der Waals surface area (Å²) in [7, 11) is 0. The number of aromatic nitrogens is 2. The topological polar surface area (TPSA) is 40.2 Å². The van der Waals surface area contributed by atoms with Gasteiger partial charge in [0.25, 0.3) is 0 Å². The predicted octanol–water partition coefficient (Wildman–Crippen LogP) is 2.26. The van der Waals surface area contributed by atoms with E-state index in [0.29, 0.717) is 12.5 Å². The van der Waals surface area contributed by atoms with Crippen molar-refractivity contribution >= 4 is 10.9 Å². The molecule has 1 aromatic carbocycles. The molecule has 3 aromatic rings. The molecular formula is C12H10N2O2. The van der Waals surface area contributed by atoms with Crippen molar-refractivity contribution in [3.05, 3.63) is 54.9 Å². The van der Waals surface area contributed by atoms with Crippen molar-refractivity contribution in [1.29, 1.82) is 0 Å². The summed E-state index contributed by atoms with van der Waals surface area (Å²) in [6.07, 6.45) is 5.02. The van der Waals surface area contributed by atoms with Crippen molar-refractivity contribution in [2.45, 2.75) is 6.61 Å². The smallest absolute Gasteiger partial charge is 0.234 e. The van der Waals surface area contributed by atoms with E-state index in [1.54, 1.807) is 10.9 Å². The maximum Gasteiger partial charge on any atom is 0.234 e. The van der Waals surface area contributed by atoms with Crippen LogP contribution in [0.25, 0.3) is 10.9 Å². The van der Waals surface area contributed by atoms with Gasteiger partial charge in [0.15, 0.2) is 6.61 Å². The van der Waals surface area contributed by atoms with Crippen LogP contribution in [0.4, 0.5) is 0 Å². The van der Waals surface area contributed by atoms with Crippen LogP contribution in [0.3, 0.4) is 0 Å². The van der Waals surface area contributed by atoms with Gasteiger partial charge in [0.1, 0.15) is 6.26 Å². The van der Waals surface area contributed by atoms with Gasteiger partial charge in [0.2, 0.25) is 5.89 Å². The first-order chi connectivity index (χ1) is 7.93. The lowest BCUT2D eigenvalue weighted by Crippen LogP contribution is -2.09. The summed E-state index contributed by atoms with van der Waals surface area (Å²) < 4.78 is 6.82. The monoisotopic (exact) mass is 214 g/mol. The molecule has 0 aliphatic rings. The third-order valence-corrected chi connectivity index (χ3v) is 2.37. The first-order valence-electron chi connectivity index (χ1n) is 5.01. The minimum Gasteiger partial charge on any atom is -0.445 e. The summed E-state index contributed by atoms with van der Waals surface area (Å²) in [5.74, 6) is 0.567. The Kier molecular flexibility index (Phi) is 2.11. The largest absolute Gasteiger partial charge is 0.445 e. The van der Waals surface area contributed by atoms with E-state index in [9.17, 15) is 0 Å². The Balaban J connectivity index is 1.84. The molecule has 16 heavy (non-hydrogen) atoms. The van der Waals surface area contributed by atoms with Gasteiger partial charge >= 0.3 is 0 Å². The standard InChI is InChI=1S/C12H10N2O2/c1-2-4-11-10(3-1)5-7-14(11)16-9-12-13-6-8-15-12/h1-8H,9H2.